The topological polar surface area (TPSA) is 63.5 Å². The lowest BCUT2D eigenvalue weighted by Gasteiger charge is -2.31. The van der Waals surface area contributed by atoms with Gasteiger partial charge in [-0.2, -0.15) is 0 Å². The number of nitrogens with zero attached hydrogens (tertiary/aromatic N) is 2. The van der Waals surface area contributed by atoms with Crippen LogP contribution in [0.5, 0.6) is 0 Å². The zero-order chi connectivity index (χ0) is 14.3. The van der Waals surface area contributed by atoms with Crippen molar-refractivity contribution < 1.29 is 9.72 Å². The van der Waals surface area contributed by atoms with Crippen LogP contribution in [0.1, 0.15) is 31.7 Å². The summed E-state index contributed by atoms with van der Waals surface area (Å²) in [7, 11) is 0. The molecule has 1 aromatic rings. The highest BCUT2D eigenvalue weighted by Gasteiger charge is 2.36. The highest BCUT2D eigenvalue weighted by molar-refractivity contribution is 5.96. The fraction of sp³-hybridized carbons (Fsp3) is 0.533. The molecule has 1 atom stereocenters. The van der Waals surface area contributed by atoms with Crippen molar-refractivity contribution in [3.63, 3.8) is 0 Å². The summed E-state index contributed by atoms with van der Waals surface area (Å²) >= 11 is 0. The van der Waals surface area contributed by atoms with E-state index in [1.54, 1.807) is 17.0 Å². The first-order valence-electron chi connectivity index (χ1n) is 7.16. The fourth-order valence-corrected chi connectivity index (χ4v) is 2.95. The predicted molar refractivity (Wildman–Crippen MR) is 75.7 cm³/mol. The van der Waals surface area contributed by atoms with E-state index in [0.717, 1.165) is 36.9 Å². The molecule has 2 aliphatic rings. The first kappa shape index (κ1) is 13.1. The summed E-state index contributed by atoms with van der Waals surface area (Å²) in [6.45, 7) is 2.65. The van der Waals surface area contributed by atoms with Crippen LogP contribution in [0.2, 0.25) is 0 Å². The van der Waals surface area contributed by atoms with E-state index in [1.807, 2.05) is 6.92 Å². The number of rotatable bonds is 3. The van der Waals surface area contributed by atoms with Gasteiger partial charge in [-0.05, 0) is 37.2 Å². The number of nitro benzene ring substituents is 1. The number of fused-ring (bicyclic) bond motifs is 1. The lowest BCUT2D eigenvalue weighted by molar-refractivity contribution is -0.384. The second-order valence-electron chi connectivity index (χ2n) is 5.79. The summed E-state index contributed by atoms with van der Waals surface area (Å²) < 4.78 is 0. The molecule has 1 saturated carbocycles. The second-order valence-corrected chi connectivity index (χ2v) is 5.79. The van der Waals surface area contributed by atoms with Gasteiger partial charge in [0.05, 0.1) is 10.6 Å². The average Bonchev–Trinajstić information content (AvgIpc) is 3.29. The number of amides is 1. The Morgan fingerprint density at radius 3 is 2.85 bits per heavy atom. The van der Waals surface area contributed by atoms with E-state index in [4.69, 9.17) is 0 Å². The van der Waals surface area contributed by atoms with Gasteiger partial charge in [0.15, 0.2) is 0 Å². The number of hydrogen-bond donors (Lipinski definition) is 0. The molecule has 1 heterocycles. The molecule has 1 aliphatic carbocycles. The zero-order valence-electron chi connectivity index (χ0n) is 11.5. The minimum Gasteiger partial charge on any atom is -0.312 e. The van der Waals surface area contributed by atoms with Crippen LogP contribution in [0, 0.1) is 22.0 Å². The number of carbonyl (C=O) groups is 1. The lowest BCUT2D eigenvalue weighted by atomic mass is 9.98. The van der Waals surface area contributed by atoms with Crippen molar-refractivity contribution in [3.05, 3.63) is 33.9 Å². The molecule has 0 spiro atoms. The van der Waals surface area contributed by atoms with E-state index in [0.29, 0.717) is 12.5 Å². The molecule has 1 unspecified atom stereocenters. The van der Waals surface area contributed by atoms with Gasteiger partial charge in [0.25, 0.3) is 5.69 Å². The van der Waals surface area contributed by atoms with Gasteiger partial charge < -0.3 is 4.90 Å². The smallest absolute Gasteiger partial charge is 0.271 e. The normalized spacial score (nSPS) is 19.4. The Morgan fingerprint density at radius 2 is 2.20 bits per heavy atom. The number of non-ortho nitro benzene ring substituents is 1. The van der Waals surface area contributed by atoms with Crippen molar-refractivity contribution >= 4 is 17.3 Å². The molecule has 106 valence electrons. The Labute approximate surface area is 117 Å². The maximum absolute atomic E-state index is 12.6. The molecule has 0 bridgehead atoms. The highest BCUT2D eigenvalue weighted by Crippen LogP contribution is 2.39. The lowest BCUT2D eigenvalue weighted by Crippen LogP contribution is -2.39. The van der Waals surface area contributed by atoms with Crippen molar-refractivity contribution in [2.75, 3.05) is 11.4 Å². The van der Waals surface area contributed by atoms with Gasteiger partial charge >= 0.3 is 0 Å². The van der Waals surface area contributed by atoms with Crippen LogP contribution in [0.3, 0.4) is 0 Å². The number of anilines is 1. The SMILES string of the molecule is CC(C(=O)N1CCCc2ccc([N+](=O)[O-])cc21)C1CC1. The molecule has 3 rings (SSSR count). The molecule has 0 radical (unpaired) electrons. The largest absolute Gasteiger partial charge is 0.312 e. The summed E-state index contributed by atoms with van der Waals surface area (Å²) in [5.41, 5.74) is 1.84. The summed E-state index contributed by atoms with van der Waals surface area (Å²) in [6.07, 6.45) is 4.06. The average molecular weight is 274 g/mol. The van der Waals surface area contributed by atoms with Gasteiger partial charge in [0.1, 0.15) is 0 Å². The van der Waals surface area contributed by atoms with Crippen LogP contribution in [0.4, 0.5) is 11.4 Å². The Bertz CT molecular complexity index is 566. The molecule has 5 heteroatoms. The standard InChI is InChI=1S/C15H18N2O3/c1-10(11-4-5-11)15(18)16-8-2-3-12-6-7-13(17(19)20)9-14(12)16/h6-7,9-11H,2-5,8H2,1H3. The van der Waals surface area contributed by atoms with Gasteiger partial charge in [0.2, 0.25) is 5.91 Å². The molecule has 0 aromatic heterocycles. The van der Waals surface area contributed by atoms with Crippen LogP contribution < -0.4 is 4.90 Å². The molecule has 1 aromatic carbocycles. The number of carbonyl (C=O) groups excluding carboxylic acids is 1. The van der Waals surface area contributed by atoms with Crippen LogP contribution >= 0.6 is 0 Å². The summed E-state index contributed by atoms with van der Waals surface area (Å²) in [5.74, 6) is 0.653. The monoisotopic (exact) mass is 274 g/mol. The number of aryl methyl sites for hydroxylation is 1. The minimum absolute atomic E-state index is 0.0280. The molecule has 0 saturated heterocycles. The van der Waals surface area contributed by atoms with Crippen molar-refractivity contribution in [1.29, 1.82) is 0 Å². The molecular weight excluding hydrogens is 256 g/mol. The van der Waals surface area contributed by atoms with Gasteiger partial charge in [0, 0.05) is 24.6 Å². The van der Waals surface area contributed by atoms with Crippen molar-refractivity contribution in [1.82, 2.24) is 0 Å². The maximum atomic E-state index is 12.6. The third-order valence-corrected chi connectivity index (χ3v) is 4.38. The molecule has 1 amide bonds. The number of nitro groups is 1. The predicted octanol–water partition coefficient (Wildman–Crippen LogP) is 2.92. The van der Waals surface area contributed by atoms with E-state index in [2.05, 4.69) is 0 Å². The first-order chi connectivity index (χ1) is 9.58. The summed E-state index contributed by atoms with van der Waals surface area (Å²) in [4.78, 5) is 24.9. The minimum atomic E-state index is -0.401. The van der Waals surface area contributed by atoms with E-state index in [1.165, 1.54) is 6.07 Å². The third kappa shape index (κ3) is 2.28. The quantitative estimate of drug-likeness (QED) is 0.629. The van der Waals surface area contributed by atoms with Crippen LogP contribution in [-0.4, -0.2) is 17.4 Å². The van der Waals surface area contributed by atoms with Crippen LogP contribution in [0.25, 0.3) is 0 Å². The number of hydrogen-bond acceptors (Lipinski definition) is 3. The third-order valence-electron chi connectivity index (χ3n) is 4.38. The summed E-state index contributed by atoms with van der Waals surface area (Å²) in [5, 5.41) is 10.9. The summed E-state index contributed by atoms with van der Waals surface area (Å²) in [6, 6.07) is 4.86. The second kappa shape index (κ2) is 4.89. The van der Waals surface area contributed by atoms with Gasteiger partial charge in [-0.1, -0.05) is 13.0 Å². The first-order valence-corrected chi connectivity index (χ1v) is 7.16. The molecule has 1 aliphatic heterocycles. The van der Waals surface area contributed by atoms with Crippen molar-refractivity contribution in [2.24, 2.45) is 11.8 Å². The Balaban J connectivity index is 1.93. The molecule has 0 N–H and O–H groups in total. The van der Waals surface area contributed by atoms with Crippen molar-refractivity contribution in [2.45, 2.75) is 32.6 Å². The zero-order valence-corrected chi connectivity index (χ0v) is 11.5. The highest BCUT2D eigenvalue weighted by atomic mass is 16.6. The number of benzene rings is 1. The Kier molecular flexibility index (Phi) is 3.20. The van der Waals surface area contributed by atoms with E-state index < -0.39 is 4.92 Å². The van der Waals surface area contributed by atoms with Gasteiger partial charge in [-0.25, -0.2) is 0 Å². The van der Waals surface area contributed by atoms with E-state index in [9.17, 15) is 14.9 Å². The van der Waals surface area contributed by atoms with Crippen LogP contribution in [0.15, 0.2) is 18.2 Å². The van der Waals surface area contributed by atoms with Crippen LogP contribution in [-0.2, 0) is 11.2 Å². The van der Waals surface area contributed by atoms with Crippen molar-refractivity contribution in [3.8, 4) is 0 Å². The molecule has 20 heavy (non-hydrogen) atoms. The molecule has 1 fully saturated rings. The Morgan fingerprint density at radius 1 is 1.45 bits per heavy atom. The molecule has 5 nitrogen and oxygen atoms in total. The fourth-order valence-electron chi connectivity index (χ4n) is 2.95. The molecular formula is C15H18N2O3. The van der Waals surface area contributed by atoms with E-state index in [-0.39, 0.29) is 17.5 Å². The maximum Gasteiger partial charge on any atom is 0.271 e. The van der Waals surface area contributed by atoms with Gasteiger partial charge in [-0.3, -0.25) is 14.9 Å². The van der Waals surface area contributed by atoms with Gasteiger partial charge in [-0.15, -0.1) is 0 Å². The Hall–Kier alpha value is -1.91. The van der Waals surface area contributed by atoms with E-state index >= 15 is 0 Å².